The van der Waals surface area contributed by atoms with Gasteiger partial charge in [-0.1, -0.05) is 28.1 Å². The summed E-state index contributed by atoms with van der Waals surface area (Å²) in [6.45, 7) is 1.33. The molecule has 1 aliphatic rings. The summed E-state index contributed by atoms with van der Waals surface area (Å²) in [4.78, 5) is 11.9. The van der Waals surface area contributed by atoms with E-state index in [4.69, 9.17) is 9.47 Å². The number of hydrogen-bond donors (Lipinski definition) is 1. The first kappa shape index (κ1) is 16.7. The molecule has 1 fully saturated rings. The van der Waals surface area contributed by atoms with Crippen molar-refractivity contribution in [2.75, 3.05) is 19.8 Å². The van der Waals surface area contributed by atoms with Crippen molar-refractivity contribution in [2.24, 2.45) is 0 Å². The highest BCUT2D eigenvalue weighted by Gasteiger charge is 2.16. The maximum absolute atomic E-state index is 11.9. The standard InChI is InChI=1S/C17H17Br2NO3/c18-12-4-5-14-11(8-12)3-6-15(17(14)19)23-10-16(21)20-9-13-2-1-7-22-13/h3-6,8,13H,1-2,7,9-10H2,(H,20,21). The molecule has 6 heteroatoms. The van der Waals surface area contributed by atoms with E-state index in [-0.39, 0.29) is 18.6 Å². The zero-order valence-corrected chi connectivity index (χ0v) is 15.7. The molecule has 1 amide bonds. The zero-order valence-electron chi connectivity index (χ0n) is 12.5. The van der Waals surface area contributed by atoms with Crippen LogP contribution in [0.25, 0.3) is 10.8 Å². The third-order valence-electron chi connectivity index (χ3n) is 3.79. The molecule has 0 spiro atoms. The fraction of sp³-hybridized carbons (Fsp3) is 0.353. The van der Waals surface area contributed by atoms with Crippen molar-refractivity contribution < 1.29 is 14.3 Å². The number of benzene rings is 2. The van der Waals surface area contributed by atoms with Crippen molar-refractivity contribution in [3.8, 4) is 5.75 Å². The van der Waals surface area contributed by atoms with Gasteiger partial charge in [0.15, 0.2) is 6.61 Å². The van der Waals surface area contributed by atoms with Gasteiger partial charge in [0.25, 0.3) is 5.91 Å². The van der Waals surface area contributed by atoms with E-state index in [0.29, 0.717) is 12.3 Å². The summed E-state index contributed by atoms with van der Waals surface area (Å²) in [5, 5.41) is 4.99. The lowest BCUT2D eigenvalue weighted by Crippen LogP contribution is -2.35. The van der Waals surface area contributed by atoms with Gasteiger partial charge in [0.2, 0.25) is 0 Å². The van der Waals surface area contributed by atoms with Crippen LogP contribution in [0, 0.1) is 0 Å². The van der Waals surface area contributed by atoms with Gasteiger partial charge >= 0.3 is 0 Å². The highest BCUT2D eigenvalue weighted by molar-refractivity contribution is 9.11. The Morgan fingerprint density at radius 1 is 1.30 bits per heavy atom. The number of carbonyl (C=O) groups excluding carboxylic acids is 1. The van der Waals surface area contributed by atoms with Gasteiger partial charge in [-0.3, -0.25) is 4.79 Å². The third kappa shape index (κ3) is 4.25. The average molecular weight is 443 g/mol. The predicted octanol–water partition coefficient (Wildman–Crippen LogP) is 4.04. The molecule has 1 N–H and O–H groups in total. The van der Waals surface area contributed by atoms with Crippen LogP contribution < -0.4 is 10.1 Å². The first-order valence-corrected chi connectivity index (χ1v) is 9.11. The van der Waals surface area contributed by atoms with Crippen molar-refractivity contribution in [3.05, 3.63) is 39.3 Å². The second-order valence-corrected chi connectivity index (χ2v) is 7.18. The Morgan fingerprint density at radius 3 is 2.96 bits per heavy atom. The van der Waals surface area contributed by atoms with Crippen molar-refractivity contribution in [1.29, 1.82) is 0 Å². The summed E-state index contributed by atoms with van der Waals surface area (Å²) in [5.74, 6) is 0.524. The Hall–Kier alpha value is -1.11. The molecule has 0 radical (unpaired) electrons. The van der Waals surface area contributed by atoms with Crippen LogP contribution in [0.4, 0.5) is 0 Å². The summed E-state index contributed by atoms with van der Waals surface area (Å²) >= 11 is 7.02. The first-order chi connectivity index (χ1) is 11.1. The second kappa shape index (κ2) is 7.64. The van der Waals surface area contributed by atoms with E-state index < -0.39 is 0 Å². The minimum absolute atomic E-state index is 0.00659. The number of carbonyl (C=O) groups is 1. The third-order valence-corrected chi connectivity index (χ3v) is 5.10. The highest BCUT2D eigenvalue weighted by atomic mass is 79.9. The van der Waals surface area contributed by atoms with E-state index in [1.165, 1.54) is 0 Å². The maximum Gasteiger partial charge on any atom is 0.258 e. The van der Waals surface area contributed by atoms with E-state index in [0.717, 1.165) is 39.2 Å². The van der Waals surface area contributed by atoms with E-state index >= 15 is 0 Å². The Labute approximate surface area is 151 Å². The fourth-order valence-electron chi connectivity index (χ4n) is 2.58. The summed E-state index contributed by atoms with van der Waals surface area (Å²) in [6, 6.07) is 9.87. The molecule has 23 heavy (non-hydrogen) atoms. The van der Waals surface area contributed by atoms with Crippen LogP contribution in [0.5, 0.6) is 5.75 Å². The molecular weight excluding hydrogens is 426 g/mol. The topological polar surface area (TPSA) is 47.6 Å². The van der Waals surface area contributed by atoms with Gasteiger partial charge in [-0.15, -0.1) is 0 Å². The Kier molecular flexibility index (Phi) is 5.56. The average Bonchev–Trinajstić information content (AvgIpc) is 3.05. The molecule has 1 atom stereocenters. The van der Waals surface area contributed by atoms with Gasteiger partial charge in [-0.05, 0) is 57.7 Å². The van der Waals surface area contributed by atoms with Crippen LogP contribution in [-0.2, 0) is 9.53 Å². The molecule has 1 saturated heterocycles. The number of hydrogen-bond acceptors (Lipinski definition) is 3. The van der Waals surface area contributed by atoms with Gasteiger partial charge < -0.3 is 14.8 Å². The molecular formula is C17H17Br2NO3. The molecule has 3 rings (SSSR count). The molecule has 1 heterocycles. The van der Waals surface area contributed by atoms with Crippen LogP contribution in [0.2, 0.25) is 0 Å². The van der Waals surface area contributed by atoms with Gasteiger partial charge in [0.1, 0.15) is 5.75 Å². The van der Waals surface area contributed by atoms with Crippen molar-refractivity contribution in [2.45, 2.75) is 18.9 Å². The summed E-state index contributed by atoms with van der Waals surface area (Å²) in [7, 11) is 0. The normalized spacial score (nSPS) is 17.4. The summed E-state index contributed by atoms with van der Waals surface area (Å²) in [5.41, 5.74) is 0. The molecule has 2 aromatic rings. The SMILES string of the molecule is O=C(COc1ccc2cc(Br)ccc2c1Br)NCC1CCCO1. The molecule has 0 saturated carbocycles. The highest BCUT2D eigenvalue weighted by Crippen LogP contribution is 2.34. The fourth-order valence-corrected chi connectivity index (χ4v) is 3.57. The van der Waals surface area contributed by atoms with E-state index in [9.17, 15) is 4.79 Å². The number of halogens is 2. The van der Waals surface area contributed by atoms with Gasteiger partial charge in [-0.2, -0.15) is 0 Å². The predicted molar refractivity (Wildman–Crippen MR) is 96.8 cm³/mol. The Morgan fingerprint density at radius 2 is 2.17 bits per heavy atom. The Balaban J connectivity index is 1.59. The van der Waals surface area contributed by atoms with Crippen LogP contribution in [0.1, 0.15) is 12.8 Å². The van der Waals surface area contributed by atoms with Gasteiger partial charge in [-0.25, -0.2) is 0 Å². The lowest BCUT2D eigenvalue weighted by molar-refractivity contribution is -0.123. The summed E-state index contributed by atoms with van der Waals surface area (Å²) in [6.07, 6.45) is 2.22. The quantitative estimate of drug-likeness (QED) is 0.760. The number of nitrogens with one attached hydrogen (secondary N) is 1. The van der Waals surface area contributed by atoms with E-state index in [2.05, 4.69) is 37.2 Å². The van der Waals surface area contributed by atoms with Gasteiger partial charge in [0.05, 0.1) is 10.6 Å². The molecule has 4 nitrogen and oxygen atoms in total. The molecule has 122 valence electrons. The smallest absolute Gasteiger partial charge is 0.258 e. The second-order valence-electron chi connectivity index (χ2n) is 5.47. The molecule has 1 unspecified atom stereocenters. The van der Waals surface area contributed by atoms with E-state index in [1.54, 1.807) is 0 Å². The number of fused-ring (bicyclic) bond motifs is 1. The van der Waals surface area contributed by atoms with Crippen LogP contribution >= 0.6 is 31.9 Å². The van der Waals surface area contributed by atoms with Gasteiger partial charge in [0, 0.05) is 17.6 Å². The molecule has 0 aromatic heterocycles. The minimum atomic E-state index is -0.136. The molecule has 1 aliphatic heterocycles. The Bertz CT molecular complexity index is 714. The van der Waals surface area contributed by atoms with Crippen molar-refractivity contribution in [1.82, 2.24) is 5.32 Å². The van der Waals surface area contributed by atoms with Crippen LogP contribution in [-0.4, -0.2) is 31.8 Å². The first-order valence-electron chi connectivity index (χ1n) is 7.52. The minimum Gasteiger partial charge on any atom is -0.483 e. The van der Waals surface area contributed by atoms with Crippen LogP contribution in [0.15, 0.2) is 39.3 Å². The monoisotopic (exact) mass is 441 g/mol. The zero-order chi connectivity index (χ0) is 16.2. The number of amides is 1. The number of ether oxygens (including phenoxy) is 2. The molecule has 0 aliphatic carbocycles. The molecule has 2 aromatic carbocycles. The largest absolute Gasteiger partial charge is 0.483 e. The maximum atomic E-state index is 11.9. The lowest BCUT2D eigenvalue weighted by Gasteiger charge is -2.13. The van der Waals surface area contributed by atoms with Crippen LogP contribution in [0.3, 0.4) is 0 Å². The van der Waals surface area contributed by atoms with Crippen molar-refractivity contribution in [3.63, 3.8) is 0 Å². The number of rotatable bonds is 5. The summed E-state index contributed by atoms with van der Waals surface area (Å²) < 4.78 is 13.0. The lowest BCUT2D eigenvalue weighted by atomic mass is 10.1. The molecule has 0 bridgehead atoms. The van der Waals surface area contributed by atoms with E-state index in [1.807, 2.05) is 30.3 Å². The van der Waals surface area contributed by atoms with Crippen molar-refractivity contribution >= 4 is 48.5 Å².